The highest BCUT2D eigenvalue weighted by Crippen LogP contribution is 2.19. The maximum atomic E-state index is 11.8. The number of hydrogen-bond donors (Lipinski definition) is 0. The summed E-state index contributed by atoms with van der Waals surface area (Å²) in [5, 5.41) is 0.619. The molecule has 110 valence electrons. The summed E-state index contributed by atoms with van der Waals surface area (Å²) in [4.78, 5) is 16.1. The second-order valence-corrected chi connectivity index (χ2v) is 5.40. The molecule has 2 aromatic carbocycles. The molecule has 3 nitrogen and oxygen atoms in total. The number of halogens is 1. The van der Waals surface area contributed by atoms with E-state index in [2.05, 4.69) is 4.99 Å². The molecule has 0 bridgehead atoms. The smallest absolute Gasteiger partial charge is 0.363 e. The maximum absolute atomic E-state index is 11.8. The van der Waals surface area contributed by atoms with Gasteiger partial charge in [-0.15, -0.1) is 0 Å². The van der Waals surface area contributed by atoms with Gasteiger partial charge >= 0.3 is 5.97 Å². The number of carbonyl (C=O) groups excluding carboxylic acids is 1. The molecule has 0 saturated heterocycles. The molecular weight excluding hydrogens is 298 g/mol. The average molecular weight is 312 g/mol. The quantitative estimate of drug-likeness (QED) is 0.625. The standard InChI is InChI=1S/C18H14ClNO2/c19-15-8-4-7-14(11-15)12-16-18(21)22-17(20-16)10-9-13-5-2-1-3-6-13/h1-8,11-12H,9-10H2/b16-12+. The predicted octanol–water partition coefficient (Wildman–Crippen LogP) is 4.27. The van der Waals surface area contributed by atoms with Crippen molar-refractivity contribution in [3.8, 4) is 0 Å². The fourth-order valence-electron chi connectivity index (χ4n) is 2.21. The van der Waals surface area contributed by atoms with Crippen molar-refractivity contribution in [2.24, 2.45) is 4.99 Å². The minimum absolute atomic E-state index is 0.310. The molecule has 0 amide bonds. The summed E-state index contributed by atoms with van der Waals surface area (Å²) in [6, 6.07) is 17.3. The van der Waals surface area contributed by atoms with Crippen molar-refractivity contribution < 1.29 is 9.53 Å². The first kappa shape index (κ1) is 14.5. The van der Waals surface area contributed by atoms with Crippen molar-refractivity contribution in [2.45, 2.75) is 12.8 Å². The molecule has 1 aliphatic rings. The minimum atomic E-state index is -0.414. The van der Waals surface area contributed by atoms with Crippen LogP contribution in [0.4, 0.5) is 0 Å². The topological polar surface area (TPSA) is 38.7 Å². The van der Waals surface area contributed by atoms with Crippen LogP contribution in [0.1, 0.15) is 17.5 Å². The summed E-state index contributed by atoms with van der Waals surface area (Å²) in [7, 11) is 0. The van der Waals surface area contributed by atoms with Crippen LogP contribution in [-0.4, -0.2) is 11.9 Å². The molecule has 0 saturated carbocycles. The summed E-state index contributed by atoms with van der Waals surface area (Å²) in [5.41, 5.74) is 2.33. The third kappa shape index (κ3) is 3.62. The molecule has 0 radical (unpaired) electrons. The molecule has 0 fully saturated rings. The number of aryl methyl sites for hydroxylation is 1. The van der Waals surface area contributed by atoms with Gasteiger partial charge in [-0.25, -0.2) is 9.79 Å². The van der Waals surface area contributed by atoms with Crippen molar-refractivity contribution in [3.63, 3.8) is 0 Å². The van der Waals surface area contributed by atoms with Crippen LogP contribution in [0, 0.1) is 0 Å². The number of benzene rings is 2. The Balaban J connectivity index is 1.71. The number of ether oxygens (including phenoxy) is 1. The van der Waals surface area contributed by atoms with Gasteiger partial charge in [0.15, 0.2) is 11.6 Å². The second-order valence-electron chi connectivity index (χ2n) is 4.97. The number of hydrogen-bond acceptors (Lipinski definition) is 3. The van der Waals surface area contributed by atoms with Gasteiger partial charge < -0.3 is 4.74 Å². The van der Waals surface area contributed by atoms with Crippen LogP contribution in [0.15, 0.2) is 65.3 Å². The number of cyclic esters (lactones) is 1. The molecule has 22 heavy (non-hydrogen) atoms. The summed E-state index contributed by atoms with van der Waals surface area (Å²) >= 11 is 5.93. The number of esters is 1. The van der Waals surface area contributed by atoms with E-state index in [0.29, 0.717) is 23.0 Å². The predicted molar refractivity (Wildman–Crippen MR) is 87.7 cm³/mol. The molecule has 1 aliphatic heterocycles. The zero-order valence-corrected chi connectivity index (χ0v) is 12.6. The maximum Gasteiger partial charge on any atom is 0.363 e. The molecule has 0 spiro atoms. The SMILES string of the molecule is O=C1OC(CCc2ccccc2)=N/C1=C/c1cccc(Cl)c1. The van der Waals surface area contributed by atoms with Crippen LogP contribution in [0.25, 0.3) is 6.08 Å². The van der Waals surface area contributed by atoms with Gasteiger partial charge in [-0.3, -0.25) is 0 Å². The number of rotatable bonds is 4. The van der Waals surface area contributed by atoms with Gasteiger partial charge in [-0.1, -0.05) is 54.1 Å². The molecule has 0 aromatic heterocycles. The highest BCUT2D eigenvalue weighted by atomic mass is 35.5. The Bertz CT molecular complexity index is 751. The number of aliphatic imine (C=N–C) groups is 1. The molecule has 3 rings (SSSR count). The summed E-state index contributed by atoms with van der Waals surface area (Å²) in [6.45, 7) is 0. The Labute approximate surface area is 133 Å². The highest BCUT2D eigenvalue weighted by molar-refractivity contribution is 6.30. The van der Waals surface area contributed by atoms with E-state index in [9.17, 15) is 4.79 Å². The first-order chi connectivity index (χ1) is 10.7. The third-order valence-electron chi connectivity index (χ3n) is 3.29. The van der Waals surface area contributed by atoms with E-state index in [4.69, 9.17) is 16.3 Å². The van der Waals surface area contributed by atoms with Crippen LogP contribution >= 0.6 is 11.6 Å². The van der Waals surface area contributed by atoms with Crippen LogP contribution in [-0.2, 0) is 16.0 Å². The Kier molecular flexibility index (Phi) is 4.35. The van der Waals surface area contributed by atoms with Gasteiger partial charge in [-0.2, -0.15) is 0 Å². The van der Waals surface area contributed by atoms with Crippen molar-refractivity contribution >= 4 is 29.5 Å². The average Bonchev–Trinajstić information content (AvgIpc) is 2.86. The monoisotopic (exact) mass is 311 g/mol. The molecule has 4 heteroatoms. The van der Waals surface area contributed by atoms with E-state index >= 15 is 0 Å². The Hall–Kier alpha value is -2.39. The van der Waals surface area contributed by atoms with E-state index < -0.39 is 5.97 Å². The Morgan fingerprint density at radius 1 is 1.05 bits per heavy atom. The lowest BCUT2D eigenvalue weighted by Crippen LogP contribution is -2.05. The lowest BCUT2D eigenvalue weighted by Gasteiger charge is -1.99. The molecular formula is C18H14ClNO2. The first-order valence-electron chi connectivity index (χ1n) is 7.02. The highest BCUT2D eigenvalue weighted by Gasteiger charge is 2.22. The van der Waals surface area contributed by atoms with E-state index in [1.165, 1.54) is 5.56 Å². The van der Waals surface area contributed by atoms with Crippen LogP contribution < -0.4 is 0 Å². The van der Waals surface area contributed by atoms with Crippen LogP contribution in [0.2, 0.25) is 5.02 Å². The zero-order valence-electron chi connectivity index (χ0n) is 11.8. The molecule has 2 aromatic rings. The van der Waals surface area contributed by atoms with Gasteiger partial charge in [0, 0.05) is 11.4 Å². The fraction of sp³-hybridized carbons (Fsp3) is 0.111. The van der Waals surface area contributed by atoms with Gasteiger partial charge in [0.05, 0.1) is 0 Å². The van der Waals surface area contributed by atoms with Crippen molar-refractivity contribution in [2.75, 3.05) is 0 Å². The number of carbonyl (C=O) groups is 1. The third-order valence-corrected chi connectivity index (χ3v) is 3.52. The van der Waals surface area contributed by atoms with E-state index in [1.807, 2.05) is 42.5 Å². The fourth-order valence-corrected chi connectivity index (χ4v) is 2.41. The van der Waals surface area contributed by atoms with E-state index in [1.54, 1.807) is 18.2 Å². The van der Waals surface area contributed by atoms with E-state index in [-0.39, 0.29) is 0 Å². The molecule has 0 unspecified atom stereocenters. The Morgan fingerprint density at radius 3 is 2.64 bits per heavy atom. The summed E-state index contributed by atoms with van der Waals surface area (Å²) in [5.74, 6) is 0.0465. The number of nitrogens with zero attached hydrogens (tertiary/aromatic N) is 1. The lowest BCUT2D eigenvalue weighted by molar-refractivity contribution is -0.130. The molecule has 0 aliphatic carbocycles. The van der Waals surface area contributed by atoms with Gasteiger partial charge in [-0.05, 0) is 35.8 Å². The molecule has 0 N–H and O–H groups in total. The summed E-state index contributed by atoms with van der Waals surface area (Å²) < 4.78 is 5.21. The zero-order chi connectivity index (χ0) is 15.4. The van der Waals surface area contributed by atoms with Crippen LogP contribution in [0.3, 0.4) is 0 Å². The van der Waals surface area contributed by atoms with Crippen molar-refractivity contribution in [1.29, 1.82) is 0 Å². The Morgan fingerprint density at radius 2 is 1.86 bits per heavy atom. The first-order valence-corrected chi connectivity index (χ1v) is 7.39. The molecule has 0 atom stereocenters. The van der Waals surface area contributed by atoms with Crippen molar-refractivity contribution in [3.05, 3.63) is 76.4 Å². The molecule has 1 heterocycles. The summed E-state index contributed by atoms with van der Waals surface area (Å²) in [6.07, 6.45) is 3.07. The second kappa shape index (κ2) is 6.58. The normalized spacial score (nSPS) is 15.8. The lowest BCUT2D eigenvalue weighted by atomic mass is 10.1. The van der Waals surface area contributed by atoms with Crippen LogP contribution in [0.5, 0.6) is 0 Å². The van der Waals surface area contributed by atoms with Crippen molar-refractivity contribution in [1.82, 2.24) is 0 Å². The van der Waals surface area contributed by atoms with Gasteiger partial charge in [0.25, 0.3) is 0 Å². The van der Waals surface area contributed by atoms with Gasteiger partial charge in [0.2, 0.25) is 0 Å². The van der Waals surface area contributed by atoms with E-state index in [0.717, 1.165) is 12.0 Å². The van der Waals surface area contributed by atoms with Gasteiger partial charge in [0.1, 0.15) is 0 Å². The minimum Gasteiger partial charge on any atom is -0.407 e. The largest absolute Gasteiger partial charge is 0.407 e.